The van der Waals surface area contributed by atoms with Crippen molar-refractivity contribution in [3.63, 3.8) is 0 Å². The van der Waals surface area contributed by atoms with E-state index in [2.05, 4.69) is 59.6 Å². The third-order valence-electron chi connectivity index (χ3n) is 4.71. The Hall–Kier alpha value is -0.990. The molecule has 4 heteroatoms. The topological polar surface area (TPSA) is 8.81 Å². The summed E-state index contributed by atoms with van der Waals surface area (Å²) in [6.07, 6.45) is 12.9. The number of aromatic nitrogens is 2. The number of aryl methyl sites for hydroxylation is 1. The van der Waals surface area contributed by atoms with E-state index in [4.69, 9.17) is 11.6 Å². The maximum absolute atomic E-state index is 6.52. The Balaban J connectivity index is 0.00000312. The quantitative estimate of drug-likeness (QED) is 0.417. The van der Waals surface area contributed by atoms with E-state index < -0.39 is 0 Å². The zero-order valence-electron chi connectivity index (χ0n) is 15.7. The van der Waals surface area contributed by atoms with Gasteiger partial charge in [0, 0.05) is 6.92 Å². The highest BCUT2D eigenvalue weighted by atomic mass is 35.5. The van der Waals surface area contributed by atoms with Gasteiger partial charge in [0.25, 0.3) is 0 Å². The SMILES string of the molecule is CCCCCCCCCC[n+]1cn(Cc2ccccc2)c(C)c1Cl.[Cl-]. The van der Waals surface area contributed by atoms with E-state index in [-0.39, 0.29) is 12.4 Å². The summed E-state index contributed by atoms with van der Waals surface area (Å²) in [5.74, 6) is 0. The van der Waals surface area contributed by atoms with Gasteiger partial charge < -0.3 is 12.4 Å². The molecule has 0 aliphatic heterocycles. The second-order valence-corrected chi connectivity index (χ2v) is 7.13. The van der Waals surface area contributed by atoms with Crippen molar-refractivity contribution in [3.8, 4) is 0 Å². The van der Waals surface area contributed by atoms with Crippen LogP contribution in [0, 0.1) is 6.92 Å². The molecule has 25 heavy (non-hydrogen) atoms. The average Bonchev–Trinajstić information content (AvgIpc) is 2.86. The van der Waals surface area contributed by atoms with Gasteiger partial charge in [-0.2, -0.15) is 0 Å². The van der Waals surface area contributed by atoms with Crippen LogP contribution >= 0.6 is 11.6 Å². The van der Waals surface area contributed by atoms with Gasteiger partial charge in [-0.15, -0.1) is 0 Å². The van der Waals surface area contributed by atoms with Crippen LogP contribution in [0.4, 0.5) is 0 Å². The Labute approximate surface area is 164 Å². The molecule has 2 rings (SSSR count). The molecule has 0 saturated heterocycles. The number of imidazole rings is 1. The number of hydrogen-bond donors (Lipinski definition) is 0. The summed E-state index contributed by atoms with van der Waals surface area (Å²) >= 11 is 6.52. The van der Waals surface area contributed by atoms with Crippen molar-refractivity contribution in [2.24, 2.45) is 0 Å². The summed E-state index contributed by atoms with van der Waals surface area (Å²) in [6, 6.07) is 10.6. The van der Waals surface area contributed by atoms with Crippen molar-refractivity contribution in [1.82, 2.24) is 4.57 Å². The van der Waals surface area contributed by atoms with Crippen molar-refractivity contribution in [1.29, 1.82) is 0 Å². The minimum atomic E-state index is 0. The van der Waals surface area contributed by atoms with Crippen LogP contribution in [0.1, 0.15) is 69.5 Å². The highest BCUT2D eigenvalue weighted by Gasteiger charge is 2.17. The molecule has 1 heterocycles. The van der Waals surface area contributed by atoms with Gasteiger partial charge in [0.2, 0.25) is 11.5 Å². The van der Waals surface area contributed by atoms with Crippen LogP contribution in [0.3, 0.4) is 0 Å². The van der Waals surface area contributed by atoms with E-state index in [0.717, 1.165) is 23.9 Å². The van der Waals surface area contributed by atoms with Crippen LogP contribution < -0.4 is 17.0 Å². The second-order valence-electron chi connectivity index (χ2n) is 6.77. The Morgan fingerprint density at radius 3 is 2.16 bits per heavy atom. The van der Waals surface area contributed by atoms with E-state index in [1.807, 2.05) is 0 Å². The predicted octanol–water partition coefficient (Wildman–Crippen LogP) is 2.93. The first-order valence-corrected chi connectivity index (χ1v) is 9.88. The van der Waals surface area contributed by atoms with Crippen LogP contribution in [0.25, 0.3) is 0 Å². The minimum Gasteiger partial charge on any atom is -1.00 e. The lowest BCUT2D eigenvalue weighted by Crippen LogP contribution is -3.00. The number of halogens is 2. The highest BCUT2D eigenvalue weighted by Crippen LogP contribution is 2.14. The molecule has 0 bridgehead atoms. The molecule has 0 unspecified atom stereocenters. The molecule has 2 nitrogen and oxygen atoms in total. The van der Waals surface area contributed by atoms with Crippen LogP contribution in [0.2, 0.25) is 5.15 Å². The van der Waals surface area contributed by atoms with Crippen LogP contribution in [0.5, 0.6) is 0 Å². The molecule has 0 spiro atoms. The van der Waals surface area contributed by atoms with Crippen molar-refractivity contribution in [2.75, 3.05) is 0 Å². The Kier molecular flexibility index (Phi) is 10.9. The first-order chi connectivity index (χ1) is 11.7. The van der Waals surface area contributed by atoms with E-state index in [1.165, 1.54) is 56.9 Å². The van der Waals surface area contributed by atoms with E-state index in [1.54, 1.807) is 0 Å². The molecule has 1 aromatic heterocycles. The fourth-order valence-corrected chi connectivity index (χ4v) is 3.38. The van der Waals surface area contributed by atoms with Crippen molar-refractivity contribution in [3.05, 3.63) is 53.1 Å². The van der Waals surface area contributed by atoms with Crippen molar-refractivity contribution in [2.45, 2.75) is 78.3 Å². The summed E-state index contributed by atoms with van der Waals surface area (Å²) in [5.41, 5.74) is 2.46. The van der Waals surface area contributed by atoms with E-state index in [0.29, 0.717) is 0 Å². The van der Waals surface area contributed by atoms with Crippen molar-refractivity contribution >= 4 is 11.6 Å². The molecule has 0 N–H and O–H groups in total. The van der Waals surface area contributed by atoms with Gasteiger partial charge in [-0.1, -0.05) is 75.8 Å². The number of benzene rings is 1. The smallest absolute Gasteiger partial charge is 0.245 e. The van der Waals surface area contributed by atoms with Gasteiger partial charge in [0.05, 0.1) is 6.54 Å². The maximum Gasteiger partial charge on any atom is 0.245 e. The van der Waals surface area contributed by atoms with Crippen LogP contribution in [-0.4, -0.2) is 4.57 Å². The lowest BCUT2D eigenvalue weighted by atomic mass is 10.1. The first-order valence-electron chi connectivity index (χ1n) is 9.51. The third-order valence-corrected chi connectivity index (χ3v) is 5.20. The standard InChI is InChI=1S/C21H32ClN2.ClH/c1-3-4-5-6-7-8-9-13-16-23-18-24(19(2)21(23)22)17-20-14-11-10-12-15-20;/h10-12,14-15,18H,3-9,13,16-17H2,1-2H3;1H/q+1;/p-1. The Morgan fingerprint density at radius 2 is 1.52 bits per heavy atom. The van der Waals surface area contributed by atoms with Crippen LogP contribution in [0.15, 0.2) is 36.7 Å². The fraction of sp³-hybridized carbons (Fsp3) is 0.571. The van der Waals surface area contributed by atoms with Gasteiger partial charge >= 0.3 is 0 Å². The van der Waals surface area contributed by atoms with E-state index in [9.17, 15) is 0 Å². The monoisotopic (exact) mass is 382 g/mol. The van der Waals surface area contributed by atoms with Gasteiger partial charge in [-0.05, 0) is 30.0 Å². The zero-order valence-corrected chi connectivity index (χ0v) is 17.2. The summed E-state index contributed by atoms with van der Waals surface area (Å²) in [6.45, 7) is 6.29. The molecule has 0 fully saturated rings. The second kappa shape index (κ2) is 12.4. The summed E-state index contributed by atoms with van der Waals surface area (Å²) in [5, 5.41) is 0.883. The maximum atomic E-state index is 6.52. The van der Waals surface area contributed by atoms with Crippen LogP contribution in [-0.2, 0) is 13.1 Å². The molecule has 0 amide bonds. The normalized spacial score (nSPS) is 10.7. The molecule has 1 aromatic carbocycles. The molecule has 0 atom stereocenters. The minimum absolute atomic E-state index is 0. The lowest BCUT2D eigenvalue weighted by molar-refractivity contribution is -0.694. The number of nitrogens with zero attached hydrogens (tertiary/aromatic N) is 2. The zero-order chi connectivity index (χ0) is 17.2. The molecular weight excluding hydrogens is 351 g/mol. The summed E-state index contributed by atoms with van der Waals surface area (Å²) in [7, 11) is 0. The molecular formula is C21H32Cl2N2. The van der Waals surface area contributed by atoms with Gasteiger partial charge in [0.1, 0.15) is 6.54 Å². The number of hydrogen-bond acceptors (Lipinski definition) is 0. The Bertz CT molecular complexity index is 593. The highest BCUT2D eigenvalue weighted by molar-refractivity contribution is 6.29. The average molecular weight is 383 g/mol. The van der Waals surface area contributed by atoms with Gasteiger partial charge in [-0.25, -0.2) is 9.13 Å². The van der Waals surface area contributed by atoms with Gasteiger partial charge in [-0.3, -0.25) is 0 Å². The summed E-state index contributed by atoms with van der Waals surface area (Å²) < 4.78 is 4.46. The molecule has 0 radical (unpaired) electrons. The molecule has 0 aliphatic rings. The molecule has 2 aromatic rings. The van der Waals surface area contributed by atoms with Crippen molar-refractivity contribution < 1.29 is 17.0 Å². The number of unbranched alkanes of at least 4 members (excludes halogenated alkanes) is 7. The molecule has 140 valence electrons. The lowest BCUT2D eigenvalue weighted by Gasteiger charge is -2.01. The largest absolute Gasteiger partial charge is 1.00 e. The fourth-order valence-electron chi connectivity index (χ4n) is 3.14. The Morgan fingerprint density at radius 1 is 0.920 bits per heavy atom. The van der Waals surface area contributed by atoms with E-state index >= 15 is 0 Å². The third kappa shape index (κ3) is 7.42. The molecule has 0 saturated carbocycles. The summed E-state index contributed by atoms with van der Waals surface area (Å²) in [4.78, 5) is 0. The number of rotatable bonds is 11. The van der Waals surface area contributed by atoms with Gasteiger partial charge in [0.15, 0.2) is 5.69 Å². The molecule has 0 aliphatic carbocycles. The first kappa shape index (κ1) is 22.1. The predicted molar refractivity (Wildman–Crippen MR) is 103 cm³/mol.